The molecule has 3 heteroatoms. The van der Waals surface area contributed by atoms with Gasteiger partial charge < -0.3 is 14.8 Å². The van der Waals surface area contributed by atoms with Crippen LogP contribution in [0.3, 0.4) is 0 Å². The Morgan fingerprint density at radius 1 is 1.35 bits per heavy atom. The van der Waals surface area contributed by atoms with Crippen molar-refractivity contribution in [2.24, 2.45) is 0 Å². The van der Waals surface area contributed by atoms with Gasteiger partial charge in [0.15, 0.2) is 0 Å². The minimum atomic E-state index is 0.440. The molecule has 0 amide bonds. The molecular formula is C14H21NO2. The van der Waals surface area contributed by atoms with Crippen molar-refractivity contribution in [3.63, 3.8) is 0 Å². The molecule has 17 heavy (non-hydrogen) atoms. The summed E-state index contributed by atoms with van der Waals surface area (Å²) in [6.45, 7) is 6.87. The maximum Gasteiger partial charge on any atom is 0.122 e. The van der Waals surface area contributed by atoms with Gasteiger partial charge in [-0.1, -0.05) is 6.07 Å². The Morgan fingerprint density at radius 3 is 2.82 bits per heavy atom. The molecule has 94 valence electrons. The van der Waals surface area contributed by atoms with E-state index in [0.717, 1.165) is 31.9 Å². The van der Waals surface area contributed by atoms with Gasteiger partial charge in [0.05, 0.1) is 20.3 Å². The number of ether oxygens (including phenoxy) is 2. The molecule has 1 unspecified atom stereocenters. The molecule has 1 N–H and O–H groups in total. The molecule has 3 nitrogen and oxygen atoms in total. The number of benzene rings is 1. The predicted molar refractivity (Wildman–Crippen MR) is 68.8 cm³/mol. The van der Waals surface area contributed by atoms with E-state index in [9.17, 15) is 0 Å². The number of hydrogen-bond donors (Lipinski definition) is 1. The van der Waals surface area contributed by atoms with Crippen LogP contribution in [0.1, 0.15) is 16.7 Å². The molecule has 0 bridgehead atoms. The van der Waals surface area contributed by atoms with Crippen LogP contribution in [0.4, 0.5) is 0 Å². The van der Waals surface area contributed by atoms with Crippen LogP contribution in [-0.2, 0) is 11.2 Å². The summed E-state index contributed by atoms with van der Waals surface area (Å²) >= 11 is 0. The van der Waals surface area contributed by atoms with E-state index in [0.29, 0.717) is 6.04 Å². The highest BCUT2D eigenvalue weighted by Gasteiger charge is 2.15. The van der Waals surface area contributed by atoms with E-state index in [1.807, 2.05) is 0 Å². The first-order chi connectivity index (χ1) is 8.22. The van der Waals surface area contributed by atoms with Crippen LogP contribution in [0.15, 0.2) is 12.1 Å². The van der Waals surface area contributed by atoms with E-state index in [2.05, 4.69) is 31.3 Å². The lowest BCUT2D eigenvalue weighted by Crippen LogP contribution is -2.42. The van der Waals surface area contributed by atoms with Crippen molar-refractivity contribution in [2.45, 2.75) is 26.3 Å². The molecule has 0 aromatic heterocycles. The molecule has 2 rings (SSSR count). The molecule has 1 aliphatic rings. The highest BCUT2D eigenvalue weighted by Crippen LogP contribution is 2.24. The third kappa shape index (κ3) is 2.79. The van der Waals surface area contributed by atoms with Gasteiger partial charge in [0.2, 0.25) is 0 Å². The molecule has 1 atom stereocenters. The largest absolute Gasteiger partial charge is 0.496 e. The van der Waals surface area contributed by atoms with Crippen LogP contribution < -0.4 is 10.1 Å². The van der Waals surface area contributed by atoms with E-state index in [1.165, 1.54) is 16.7 Å². The van der Waals surface area contributed by atoms with Gasteiger partial charge in [0.25, 0.3) is 0 Å². The summed E-state index contributed by atoms with van der Waals surface area (Å²) < 4.78 is 10.8. The lowest BCUT2D eigenvalue weighted by molar-refractivity contribution is 0.0769. The smallest absolute Gasteiger partial charge is 0.122 e. The number of rotatable bonds is 3. The SMILES string of the molecule is COc1ccc(CC2COCCN2)c(C)c1C. The Kier molecular flexibility index (Phi) is 4.02. The molecule has 0 radical (unpaired) electrons. The molecule has 1 aromatic rings. The van der Waals surface area contributed by atoms with Crippen LogP contribution in [0.2, 0.25) is 0 Å². The molecule has 0 aliphatic carbocycles. The van der Waals surface area contributed by atoms with Crippen molar-refractivity contribution < 1.29 is 9.47 Å². The number of nitrogens with one attached hydrogen (secondary N) is 1. The summed E-state index contributed by atoms with van der Waals surface area (Å²) in [7, 11) is 1.72. The van der Waals surface area contributed by atoms with E-state index in [-0.39, 0.29) is 0 Å². The Balaban J connectivity index is 2.12. The molecule has 1 fully saturated rings. The van der Waals surface area contributed by atoms with Gasteiger partial charge in [-0.2, -0.15) is 0 Å². The van der Waals surface area contributed by atoms with Crippen LogP contribution in [-0.4, -0.2) is 32.9 Å². The van der Waals surface area contributed by atoms with Crippen molar-refractivity contribution in [3.8, 4) is 5.75 Å². The van der Waals surface area contributed by atoms with Crippen LogP contribution in [0.25, 0.3) is 0 Å². The van der Waals surface area contributed by atoms with Gasteiger partial charge in [0.1, 0.15) is 5.75 Å². The standard InChI is InChI=1S/C14H21NO2/c1-10-11(2)14(16-3)5-4-12(10)8-13-9-17-7-6-15-13/h4-5,13,15H,6-9H2,1-3H3. The second-order valence-corrected chi connectivity index (χ2v) is 4.61. The fourth-order valence-corrected chi connectivity index (χ4v) is 2.31. The summed E-state index contributed by atoms with van der Waals surface area (Å²) in [6.07, 6.45) is 1.02. The average Bonchev–Trinajstić information content (AvgIpc) is 2.37. The van der Waals surface area contributed by atoms with Crippen molar-refractivity contribution in [3.05, 3.63) is 28.8 Å². The fraction of sp³-hybridized carbons (Fsp3) is 0.571. The summed E-state index contributed by atoms with van der Waals surface area (Å²) in [5.41, 5.74) is 3.95. The maximum absolute atomic E-state index is 5.48. The first-order valence-electron chi connectivity index (χ1n) is 6.16. The fourth-order valence-electron chi connectivity index (χ4n) is 2.31. The summed E-state index contributed by atoms with van der Waals surface area (Å²) in [5.74, 6) is 0.971. The molecule has 0 saturated carbocycles. The molecule has 1 heterocycles. The van der Waals surface area contributed by atoms with E-state index >= 15 is 0 Å². The Hall–Kier alpha value is -1.06. The van der Waals surface area contributed by atoms with Gasteiger partial charge >= 0.3 is 0 Å². The van der Waals surface area contributed by atoms with Crippen LogP contribution in [0, 0.1) is 13.8 Å². The lowest BCUT2D eigenvalue weighted by Gasteiger charge is -2.25. The van der Waals surface area contributed by atoms with Crippen molar-refractivity contribution >= 4 is 0 Å². The van der Waals surface area contributed by atoms with Gasteiger partial charge in [-0.15, -0.1) is 0 Å². The lowest BCUT2D eigenvalue weighted by atomic mass is 9.97. The quantitative estimate of drug-likeness (QED) is 0.867. The molecule has 0 spiro atoms. The van der Waals surface area contributed by atoms with Crippen LogP contribution >= 0.6 is 0 Å². The summed E-state index contributed by atoms with van der Waals surface area (Å²) in [5, 5.41) is 3.49. The molecule has 1 saturated heterocycles. The second kappa shape index (κ2) is 5.52. The summed E-state index contributed by atoms with van der Waals surface area (Å²) in [4.78, 5) is 0. The van der Waals surface area contributed by atoms with Gasteiger partial charge in [-0.05, 0) is 43.0 Å². The average molecular weight is 235 g/mol. The third-order valence-electron chi connectivity index (χ3n) is 3.53. The minimum Gasteiger partial charge on any atom is -0.496 e. The van der Waals surface area contributed by atoms with Crippen molar-refractivity contribution in [2.75, 3.05) is 26.9 Å². The third-order valence-corrected chi connectivity index (χ3v) is 3.53. The van der Waals surface area contributed by atoms with Crippen LogP contribution in [0.5, 0.6) is 5.75 Å². The molecule has 1 aromatic carbocycles. The number of hydrogen-bond acceptors (Lipinski definition) is 3. The van der Waals surface area contributed by atoms with Gasteiger partial charge in [-0.25, -0.2) is 0 Å². The van der Waals surface area contributed by atoms with E-state index in [1.54, 1.807) is 7.11 Å². The maximum atomic E-state index is 5.48. The van der Waals surface area contributed by atoms with E-state index in [4.69, 9.17) is 9.47 Å². The normalized spacial score (nSPS) is 20.3. The minimum absolute atomic E-state index is 0.440. The first-order valence-corrected chi connectivity index (χ1v) is 6.16. The Labute approximate surface area is 103 Å². The second-order valence-electron chi connectivity index (χ2n) is 4.61. The monoisotopic (exact) mass is 235 g/mol. The molecule has 1 aliphatic heterocycles. The number of morpholine rings is 1. The van der Waals surface area contributed by atoms with Crippen molar-refractivity contribution in [1.82, 2.24) is 5.32 Å². The van der Waals surface area contributed by atoms with E-state index < -0.39 is 0 Å². The highest BCUT2D eigenvalue weighted by molar-refractivity contribution is 5.43. The zero-order valence-corrected chi connectivity index (χ0v) is 10.9. The Morgan fingerprint density at radius 2 is 2.18 bits per heavy atom. The zero-order chi connectivity index (χ0) is 12.3. The highest BCUT2D eigenvalue weighted by atomic mass is 16.5. The first kappa shape index (κ1) is 12.4. The Bertz CT molecular complexity index is 384. The molecular weight excluding hydrogens is 214 g/mol. The van der Waals surface area contributed by atoms with Crippen molar-refractivity contribution in [1.29, 1.82) is 0 Å². The number of methoxy groups -OCH3 is 1. The van der Waals surface area contributed by atoms with Gasteiger partial charge in [0, 0.05) is 12.6 Å². The zero-order valence-electron chi connectivity index (χ0n) is 10.9. The predicted octanol–water partition coefficient (Wildman–Crippen LogP) is 1.84. The van der Waals surface area contributed by atoms with Gasteiger partial charge in [-0.3, -0.25) is 0 Å². The summed E-state index contributed by atoms with van der Waals surface area (Å²) in [6, 6.07) is 4.66. The topological polar surface area (TPSA) is 30.5 Å².